The predicted octanol–water partition coefficient (Wildman–Crippen LogP) is 3.87. The fraction of sp³-hybridized carbons (Fsp3) is 0.0714. The second kappa shape index (κ2) is 5.56. The maximum atomic E-state index is 11.1. The summed E-state index contributed by atoms with van der Waals surface area (Å²) in [6.07, 6.45) is 0. The van der Waals surface area contributed by atoms with E-state index in [-0.39, 0.29) is 5.56 Å². The number of carboxylic acids is 1. The van der Waals surface area contributed by atoms with Gasteiger partial charge in [-0.1, -0.05) is 24.3 Å². The topological polar surface area (TPSA) is 49.3 Å². The van der Waals surface area contributed by atoms with Crippen molar-refractivity contribution in [3.63, 3.8) is 0 Å². The number of halogens is 1. The van der Waals surface area contributed by atoms with Gasteiger partial charge in [-0.2, -0.15) is 0 Å². The zero-order valence-corrected chi connectivity index (χ0v) is 10.3. The molecule has 0 fully saturated rings. The summed E-state index contributed by atoms with van der Waals surface area (Å²) in [7, 11) is 0. The SMILES string of the molecule is O=C(O)c1ccccc1Nc1cccc(CCl)c1. The molecule has 4 heteroatoms. The van der Waals surface area contributed by atoms with E-state index in [0.29, 0.717) is 11.6 Å². The molecule has 92 valence electrons. The Balaban J connectivity index is 2.31. The first kappa shape index (κ1) is 12.5. The van der Waals surface area contributed by atoms with Crippen LogP contribution in [0.15, 0.2) is 48.5 Å². The van der Waals surface area contributed by atoms with Crippen LogP contribution in [0, 0.1) is 0 Å². The standard InChI is InChI=1S/C14H12ClNO2/c15-9-10-4-3-5-11(8-10)16-13-7-2-1-6-12(13)14(17)18/h1-8,16H,9H2,(H,17,18). The number of para-hydroxylation sites is 1. The first-order valence-electron chi connectivity index (χ1n) is 5.45. The molecule has 18 heavy (non-hydrogen) atoms. The van der Waals surface area contributed by atoms with E-state index in [0.717, 1.165) is 11.3 Å². The van der Waals surface area contributed by atoms with Gasteiger partial charge in [0.05, 0.1) is 11.3 Å². The molecule has 0 heterocycles. The van der Waals surface area contributed by atoms with Crippen LogP contribution < -0.4 is 5.32 Å². The number of hydrogen-bond acceptors (Lipinski definition) is 2. The highest BCUT2D eigenvalue weighted by molar-refractivity contribution is 6.17. The molecule has 2 aromatic carbocycles. The summed E-state index contributed by atoms with van der Waals surface area (Å²) in [5.74, 6) is -0.526. The van der Waals surface area contributed by atoms with E-state index in [9.17, 15) is 4.79 Å². The Hall–Kier alpha value is -2.00. The van der Waals surface area contributed by atoms with Crippen molar-refractivity contribution in [2.75, 3.05) is 5.32 Å². The maximum absolute atomic E-state index is 11.1. The first-order valence-corrected chi connectivity index (χ1v) is 5.98. The summed E-state index contributed by atoms with van der Waals surface area (Å²) >= 11 is 5.76. The molecule has 0 atom stereocenters. The number of rotatable bonds is 4. The van der Waals surface area contributed by atoms with Crippen LogP contribution in [-0.4, -0.2) is 11.1 Å². The Morgan fingerprint density at radius 3 is 2.67 bits per heavy atom. The lowest BCUT2D eigenvalue weighted by atomic mass is 10.1. The lowest BCUT2D eigenvalue weighted by Gasteiger charge is -2.10. The highest BCUT2D eigenvalue weighted by Gasteiger charge is 2.08. The first-order chi connectivity index (χ1) is 8.70. The summed E-state index contributed by atoms with van der Waals surface area (Å²) in [5.41, 5.74) is 2.61. The number of carboxylic acid groups (broad SMARTS) is 1. The second-order valence-electron chi connectivity index (χ2n) is 3.81. The van der Waals surface area contributed by atoms with Crippen LogP contribution in [0.4, 0.5) is 11.4 Å². The zero-order chi connectivity index (χ0) is 13.0. The van der Waals surface area contributed by atoms with E-state index in [1.165, 1.54) is 0 Å². The normalized spacial score (nSPS) is 10.1. The molecular weight excluding hydrogens is 250 g/mol. The molecule has 2 aromatic rings. The van der Waals surface area contributed by atoms with E-state index >= 15 is 0 Å². The van der Waals surface area contributed by atoms with Gasteiger partial charge in [0.2, 0.25) is 0 Å². The number of aromatic carboxylic acids is 1. The van der Waals surface area contributed by atoms with Crippen molar-refractivity contribution in [2.24, 2.45) is 0 Å². The molecule has 0 aliphatic carbocycles. The third-order valence-corrected chi connectivity index (χ3v) is 2.83. The number of nitrogens with one attached hydrogen (secondary N) is 1. The Bertz CT molecular complexity index is 569. The Morgan fingerprint density at radius 1 is 1.17 bits per heavy atom. The maximum Gasteiger partial charge on any atom is 0.337 e. The van der Waals surface area contributed by atoms with Crippen LogP contribution in [0.25, 0.3) is 0 Å². The third kappa shape index (κ3) is 2.81. The molecule has 0 saturated heterocycles. The van der Waals surface area contributed by atoms with Crippen LogP contribution in [-0.2, 0) is 5.88 Å². The molecule has 2 rings (SSSR count). The Morgan fingerprint density at radius 2 is 1.94 bits per heavy atom. The van der Waals surface area contributed by atoms with Gasteiger partial charge in [-0.15, -0.1) is 11.6 Å². The van der Waals surface area contributed by atoms with Crippen LogP contribution >= 0.6 is 11.6 Å². The van der Waals surface area contributed by atoms with Crippen molar-refractivity contribution < 1.29 is 9.90 Å². The molecule has 0 radical (unpaired) electrons. The number of anilines is 2. The zero-order valence-electron chi connectivity index (χ0n) is 9.56. The summed E-state index contributed by atoms with van der Waals surface area (Å²) in [5, 5.41) is 12.2. The van der Waals surface area contributed by atoms with Crippen LogP contribution in [0.3, 0.4) is 0 Å². The van der Waals surface area contributed by atoms with E-state index < -0.39 is 5.97 Å². The van der Waals surface area contributed by atoms with Crippen LogP contribution in [0.5, 0.6) is 0 Å². The summed E-state index contributed by atoms with van der Waals surface area (Å²) in [6.45, 7) is 0. The average Bonchev–Trinajstić information content (AvgIpc) is 2.39. The van der Waals surface area contributed by atoms with Gasteiger partial charge >= 0.3 is 5.97 Å². The monoisotopic (exact) mass is 261 g/mol. The van der Waals surface area contributed by atoms with Gasteiger partial charge in [0.15, 0.2) is 0 Å². The van der Waals surface area contributed by atoms with Gasteiger partial charge in [-0.05, 0) is 29.8 Å². The molecule has 0 aromatic heterocycles. The summed E-state index contributed by atoms with van der Waals surface area (Å²) in [6, 6.07) is 14.3. The minimum Gasteiger partial charge on any atom is -0.478 e. The lowest BCUT2D eigenvalue weighted by molar-refractivity contribution is 0.0698. The minimum atomic E-state index is -0.952. The molecular formula is C14H12ClNO2. The van der Waals surface area contributed by atoms with E-state index in [1.807, 2.05) is 24.3 Å². The fourth-order valence-electron chi connectivity index (χ4n) is 1.67. The van der Waals surface area contributed by atoms with E-state index in [4.69, 9.17) is 16.7 Å². The van der Waals surface area contributed by atoms with Crippen molar-refractivity contribution in [1.29, 1.82) is 0 Å². The van der Waals surface area contributed by atoms with Crippen molar-refractivity contribution in [3.05, 3.63) is 59.7 Å². The molecule has 3 nitrogen and oxygen atoms in total. The fourth-order valence-corrected chi connectivity index (χ4v) is 1.83. The molecule has 0 aliphatic heterocycles. The Kier molecular flexibility index (Phi) is 3.85. The summed E-state index contributed by atoms with van der Waals surface area (Å²) < 4.78 is 0. The smallest absolute Gasteiger partial charge is 0.337 e. The number of alkyl halides is 1. The molecule has 0 saturated carbocycles. The summed E-state index contributed by atoms with van der Waals surface area (Å²) in [4.78, 5) is 11.1. The number of carbonyl (C=O) groups is 1. The number of benzene rings is 2. The molecule has 0 spiro atoms. The van der Waals surface area contributed by atoms with Gasteiger partial charge in [0, 0.05) is 11.6 Å². The molecule has 0 bridgehead atoms. The molecule has 0 amide bonds. The molecule has 0 aliphatic rings. The van der Waals surface area contributed by atoms with Gasteiger partial charge in [0.25, 0.3) is 0 Å². The largest absolute Gasteiger partial charge is 0.478 e. The van der Waals surface area contributed by atoms with Gasteiger partial charge in [-0.3, -0.25) is 0 Å². The van der Waals surface area contributed by atoms with Gasteiger partial charge in [-0.25, -0.2) is 4.79 Å². The van der Waals surface area contributed by atoms with E-state index in [1.54, 1.807) is 24.3 Å². The minimum absolute atomic E-state index is 0.244. The van der Waals surface area contributed by atoms with Crippen molar-refractivity contribution >= 4 is 28.9 Å². The van der Waals surface area contributed by atoms with Crippen LogP contribution in [0.1, 0.15) is 15.9 Å². The molecule has 0 unspecified atom stereocenters. The molecule has 2 N–H and O–H groups in total. The van der Waals surface area contributed by atoms with E-state index in [2.05, 4.69) is 5.32 Å². The highest BCUT2D eigenvalue weighted by atomic mass is 35.5. The average molecular weight is 262 g/mol. The van der Waals surface area contributed by atoms with Crippen molar-refractivity contribution in [3.8, 4) is 0 Å². The van der Waals surface area contributed by atoms with Crippen molar-refractivity contribution in [1.82, 2.24) is 0 Å². The highest BCUT2D eigenvalue weighted by Crippen LogP contribution is 2.22. The van der Waals surface area contributed by atoms with Gasteiger partial charge in [0.1, 0.15) is 0 Å². The van der Waals surface area contributed by atoms with Crippen LogP contribution in [0.2, 0.25) is 0 Å². The predicted molar refractivity (Wildman–Crippen MR) is 72.7 cm³/mol. The third-order valence-electron chi connectivity index (χ3n) is 2.52. The lowest BCUT2D eigenvalue weighted by Crippen LogP contribution is -2.02. The quantitative estimate of drug-likeness (QED) is 0.822. The number of hydrogen-bond donors (Lipinski definition) is 2. The van der Waals surface area contributed by atoms with Crippen molar-refractivity contribution in [2.45, 2.75) is 5.88 Å². The Labute approximate surface area is 110 Å². The second-order valence-corrected chi connectivity index (χ2v) is 4.08. The van der Waals surface area contributed by atoms with Gasteiger partial charge < -0.3 is 10.4 Å².